The van der Waals surface area contributed by atoms with Crippen molar-refractivity contribution in [3.63, 3.8) is 0 Å². The van der Waals surface area contributed by atoms with Crippen LogP contribution < -0.4 is 14.4 Å². The van der Waals surface area contributed by atoms with Crippen LogP contribution in [0.3, 0.4) is 0 Å². The van der Waals surface area contributed by atoms with Gasteiger partial charge in [0.15, 0.2) is 17.3 Å². The lowest BCUT2D eigenvalue weighted by Gasteiger charge is -2.23. The molecule has 0 atom stereocenters. The molecule has 1 aliphatic rings. The predicted molar refractivity (Wildman–Crippen MR) is 74.9 cm³/mol. The number of ketones is 1. The summed E-state index contributed by atoms with van der Waals surface area (Å²) in [5.41, 5.74) is 0.632. The molecule has 0 saturated carbocycles. The number of morpholine rings is 1. The van der Waals surface area contributed by atoms with Crippen LogP contribution in [-0.2, 0) is 4.74 Å². The summed E-state index contributed by atoms with van der Waals surface area (Å²) in [7, 11) is 1.58. The topological polar surface area (TPSA) is 49.2 Å². The lowest BCUT2D eigenvalue weighted by Crippen LogP contribution is -3.14. The Balaban J connectivity index is 1.89. The van der Waals surface area contributed by atoms with Crippen molar-refractivity contribution in [3.8, 4) is 11.5 Å². The van der Waals surface area contributed by atoms with Crippen molar-refractivity contribution in [1.29, 1.82) is 0 Å². The summed E-state index contributed by atoms with van der Waals surface area (Å²) in [6.07, 6.45) is 0. The van der Waals surface area contributed by atoms with E-state index in [0.29, 0.717) is 23.7 Å². The van der Waals surface area contributed by atoms with E-state index in [4.69, 9.17) is 14.2 Å². The monoisotopic (exact) mass is 280 g/mol. The van der Waals surface area contributed by atoms with E-state index in [1.165, 1.54) is 11.8 Å². The molecule has 1 heterocycles. The molecule has 0 spiro atoms. The number of carbonyl (C=O) groups excluding carboxylic acids is 1. The molecule has 20 heavy (non-hydrogen) atoms. The first-order chi connectivity index (χ1) is 9.70. The van der Waals surface area contributed by atoms with E-state index in [9.17, 15) is 4.79 Å². The van der Waals surface area contributed by atoms with Gasteiger partial charge in [-0.05, 0) is 25.1 Å². The van der Waals surface area contributed by atoms with Gasteiger partial charge in [-0.2, -0.15) is 0 Å². The van der Waals surface area contributed by atoms with Crippen molar-refractivity contribution in [2.45, 2.75) is 6.92 Å². The predicted octanol–water partition coefficient (Wildman–Crippen LogP) is 0.192. The van der Waals surface area contributed by atoms with Gasteiger partial charge in [-0.3, -0.25) is 4.79 Å². The van der Waals surface area contributed by atoms with Gasteiger partial charge in [0.05, 0.1) is 20.3 Å². The highest BCUT2D eigenvalue weighted by molar-refractivity contribution is 5.94. The summed E-state index contributed by atoms with van der Waals surface area (Å²) in [6.45, 7) is 6.83. The minimum absolute atomic E-state index is 0.0209. The number of methoxy groups -OCH3 is 1. The maximum atomic E-state index is 11.3. The Morgan fingerprint density at radius 3 is 2.70 bits per heavy atom. The molecule has 0 bridgehead atoms. The second kappa shape index (κ2) is 7.26. The van der Waals surface area contributed by atoms with Crippen LogP contribution in [0.5, 0.6) is 11.5 Å². The lowest BCUT2D eigenvalue weighted by atomic mass is 10.1. The molecule has 1 fully saturated rings. The number of Topliss-reactive ketones (excluding diaryl/α,β-unsaturated/α-hetero) is 1. The zero-order valence-electron chi connectivity index (χ0n) is 12.1. The molecule has 5 nitrogen and oxygen atoms in total. The van der Waals surface area contributed by atoms with E-state index in [1.54, 1.807) is 25.3 Å². The zero-order valence-corrected chi connectivity index (χ0v) is 12.1. The summed E-state index contributed by atoms with van der Waals surface area (Å²) < 4.78 is 16.4. The molecular formula is C15H22NO4+. The van der Waals surface area contributed by atoms with Crippen LogP contribution in [0, 0.1) is 0 Å². The summed E-state index contributed by atoms with van der Waals surface area (Å²) in [6, 6.07) is 5.28. The fourth-order valence-electron chi connectivity index (χ4n) is 2.22. The van der Waals surface area contributed by atoms with E-state index in [-0.39, 0.29) is 5.78 Å². The number of carbonyl (C=O) groups is 1. The van der Waals surface area contributed by atoms with Crippen molar-refractivity contribution in [1.82, 2.24) is 0 Å². The first-order valence-electron chi connectivity index (χ1n) is 6.94. The molecule has 1 saturated heterocycles. The largest absolute Gasteiger partial charge is 0.493 e. The first kappa shape index (κ1) is 14.8. The molecular weight excluding hydrogens is 258 g/mol. The molecule has 0 unspecified atom stereocenters. The van der Waals surface area contributed by atoms with Crippen LogP contribution in [0.25, 0.3) is 0 Å². The highest BCUT2D eigenvalue weighted by Gasteiger charge is 2.14. The van der Waals surface area contributed by atoms with Crippen LogP contribution in [0.4, 0.5) is 0 Å². The van der Waals surface area contributed by atoms with Gasteiger partial charge < -0.3 is 19.1 Å². The molecule has 110 valence electrons. The van der Waals surface area contributed by atoms with Crippen molar-refractivity contribution in [2.75, 3.05) is 46.6 Å². The maximum absolute atomic E-state index is 11.3. The number of benzene rings is 1. The summed E-state index contributed by atoms with van der Waals surface area (Å²) in [5.74, 6) is 1.31. The third kappa shape index (κ3) is 3.95. The molecule has 5 heteroatoms. The third-order valence-corrected chi connectivity index (χ3v) is 3.48. The standard InChI is InChI=1S/C15H21NO4/c1-12(17)13-3-4-14(15(11-13)18-2)20-10-7-16-5-8-19-9-6-16/h3-4,11H,5-10H2,1-2H3/p+1. The quantitative estimate of drug-likeness (QED) is 0.756. The number of ether oxygens (including phenoxy) is 3. The van der Waals surface area contributed by atoms with Crippen LogP contribution in [-0.4, -0.2) is 52.3 Å². The van der Waals surface area contributed by atoms with Gasteiger partial charge in [0, 0.05) is 5.56 Å². The zero-order chi connectivity index (χ0) is 14.4. The molecule has 1 N–H and O–H groups in total. The van der Waals surface area contributed by atoms with Crippen molar-refractivity contribution in [3.05, 3.63) is 23.8 Å². The Kier molecular flexibility index (Phi) is 5.38. The van der Waals surface area contributed by atoms with E-state index in [1.807, 2.05) is 0 Å². The van der Waals surface area contributed by atoms with Crippen LogP contribution >= 0.6 is 0 Å². The Bertz CT molecular complexity index is 455. The molecule has 0 aliphatic carbocycles. The van der Waals surface area contributed by atoms with Gasteiger partial charge in [-0.1, -0.05) is 0 Å². The molecule has 1 aromatic carbocycles. The van der Waals surface area contributed by atoms with Gasteiger partial charge in [0.25, 0.3) is 0 Å². The van der Waals surface area contributed by atoms with Gasteiger partial charge in [-0.25, -0.2) is 0 Å². The molecule has 0 radical (unpaired) electrons. The molecule has 1 aliphatic heterocycles. The maximum Gasteiger partial charge on any atom is 0.161 e. The van der Waals surface area contributed by atoms with Crippen LogP contribution in [0.2, 0.25) is 0 Å². The molecule has 0 aromatic heterocycles. The van der Waals surface area contributed by atoms with Crippen molar-refractivity contribution >= 4 is 5.78 Å². The van der Waals surface area contributed by atoms with Gasteiger partial charge in [0.1, 0.15) is 26.2 Å². The lowest BCUT2D eigenvalue weighted by molar-refractivity contribution is -0.908. The fraction of sp³-hybridized carbons (Fsp3) is 0.533. The van der Waals surface area contributed by atoms with E-state index in [2.05, 4.69) is 0 Å². The van der Waals surface area contributed by atoms with Gasteiger partial charge in [0.2, 0.25) is 0 Å². The second-order valence-electron chi connectivity index (χ2n) is 4.88. The van der Waals surface area contributed by atoms with Gasteiger partial charge >= 0.3 is 0 Å². The number of quaternary nitrogens is 1. The fourth-order valence-corrected chi connectivity index (χ4v) is 2.22. The van der Waals surface area contributed by atoms with E-state index in [0.717, 1.165) is 32.8 Å². The Morgan fingerprint density at radius 2 is 2.05 bits per heavy atom. The molecule has 1 aromatic rings. The van der Waals surface area contributed by atoms with Crippen molar-refractivity contribution < 1.29 is 23.9 Å². The van der Waals surface area contributed by atoms with E-state index < -0.39 is 0 Å². The highest BCUT2D eigenvalue weighted by atomic mass is 16.5. The summed E-state index contributed by atoms with van der Waals surface area (Å²) in [4.78, 5) is 12.8. The number of rotatable bonds is 6. The Labute approximate surface area is 119 Å². The van der Waals surface area contributed by atoms with Crippen LogP contribution in [0.15, 0.2) is 18.2 Å². The summed E-state index contributed by atoms with van der Waals surface area (Å²) in [5, 5.41) is 0. The van der Waals surface area contributed by atoms with E-state index >= 15 is 0 Å². The molecule has 0 amide bonds. The smallest absolute Gasteiger partial charge is 0.161 e. The van der Waals surface area contributed by atoms with Gasteiger partial charge in [-0.15, -0.1) is 0 Å². The van der Waals surface area contributed by atoms with Crippen molar-refractivity contribution in [2.24, 2.45) is 0 Å². The minimum atomic E-state index is 0.0209. The Morgan fingerprint density at radius 1 is 1.30 bits per heavy atom. The second-order valence-corrected chi connectivity index (χ2v) is 4.88. The SMILES string of the molecule is COc1cc(C(C)=O)ccc1OCC[NH+]1CCOCC1. The third-order valence-electron chi connectivity index (χ3n) is 3.48. The summed E-state index contributed by atoms with van der Waals surface area (Å²) >= 11 is 0. The Hall–Kier alpha value is -1.59. The number of hydrogen-bond donors (Lipinski definition) is 1. The first-order valence-corrected chi connectivity index (χ1v) is 6.94. The average Bonchev–Trinajstić information content (AvgIpc) is 2.48. The average molecular weight is 280 g/mol. The molecule has 2 rings (SSSR count). The highest BCUT2D eigenvalue weighted by Crippen LogP contribution is 2.28. The van der Waals surface area contributed by atoms with Crippen LogP contribution in [0.1, 0.15) is 17.3 Å². The number of hydrogen-bond acceptors (Lipinski definition) is 4. The number of nitrogens with one attached hydrogen (secondary N) is 1. The minimum Gasteiger partial charge on any atom is -0.493 e. The normalized spacial score (nSPS) is 15.9.